The molecule has 118 valence electrons. The smallest absolute Gasteiger partial charge is 0.271 e. The average molecular weight is 351 g/mol. The summed E-state index contributed by atoms with van der Waals surface area (Å²) in [5.74, 6) is 0.988. The fourth-order valence-corrected chi connectivity index (χ4v) is 2.31. The Balaban J connectivity index is 1.66. The van der Waals surface area contributed by atoms with Crippen molar-refractivity contribution in [2.24, 2.45) is 5.10 Å². The normalized spacial score (nSPS) is 13.1. The number of hydrogen-bond donors (Lipinski definition) is 1. The molecule has 0 atom stereocenters. The van der Waals surface area contributed by atoms with E-state index in [0.29, 0.717) is 40.3 Å². The Morgan fingerprint density at radius 2 is 1.83 bits per heavy atom. The molecule has 5 nitrogen and oxygen atoms in total. The van der Waals surface area contributed by atoms with Gasteiger partial charge in [-0.1, -0.05) is 23.2 Å². The lowest BCUT2D eigenvalue weighted by Gasteiger charge is -2.18. The van der Waals surface area contributed by atoms with Crippen LogP contribution in [0, 0.1) is 0 Å². The number of amides is 1. The maximum absolute atomic E-state index is 12.0. The van der Waals surface area contributed by atoms with E-state index in [4.69, 9.17) is 32.7 Å². The Hall–Kier alpha value is -2.24. The molecule has 1 N–H and O–H groups in total. The molecule has 0 bridgehead atoms. The molecule has 0 aliphatic carbocycles. The first-order valence-corrected chi connectivity index (χ1v) is 7.57. The maximum atomic E-state index is 12.0. The van der Waals surface area contributed by atoms with E-state index in [1.165, 1.54) is 12.3 Å². The summed E-state index contributed by atoms with van der Waals surface area (Å²) in [7, 11) is 0. The summed E-state index contributed by atoms with van der Waals surface area (Å²) in [5, 5.41) is 4.63. The summed E-state index contributed by atoms with van der Waals surface area (Å²) in [6.45, 7) is 1.06. The molecule has 7 heteroatoms. The van der Waals surface area contributed by atoms with E-state index in [1.54, 1.807) is 24.3 Å². The second-order valence-corrected chi connectivity index (χ2v) is 5.55. The van der Waals surface area contributed by atoms with E-state index >= 15 is 0 Å². The first-order valence-electron chi connectivity index (χ1n) is 6.81. The molecule has 3 rings (SSSR count). The van der Waals surface area contributed by atoms with Crippen LogP contribution in [0.3, 0.4) is 0 Å². The summed E-state index contributed by atoms with van der Waals surface area (Å²) < 4.78 is 10.9. The van der Waals surface area contributed by atoms with Gasteiger partial charge in [0.1, 0.15) is 13.2 Å². The van der Waals surface area contributed by atoms with Gasteiger partial charge < -0.3 is 9.47 Å². The highest BCUT2D eigenvalue weighted by molar-refractivity contribution is 6.42. The van der Waals surface area contributed by atoms with Crippen LogP contribution >= 0.6 is 23.2 Å². The summed E-state index contributed by atoms with van der Waals surface area (Å²) in [5.41, 5.74) is 3.59. The van der Waals surface area contributed by atoms with Gasteiger partial charge in [0.2, 0.25) is 0 Å². The fraction of sp³-hybridized carbons (Fsp3) is 0.125. The third-order valence-electron chi connectivity index (χ3n) is 3.13. The number of nitrogens with zero attached hydrogens (tertiary/aromatic N) is 1. The van der Waals surface area contributed by atoms with E-state index in [-0.39, 0.29) is 5.91 Å². The molecule has 1 heterocycles. The van der Waals surface area contributed by atoms with Crippen molar-refractivity contribution in [3.05, 3.63) is 57.6 Å². The molecule has 1 aliphatic heterocycles. The standard InChI is InChI=1S/C16H12Cl2N2O3/c17-12-3-2-11(8-13(12)18)16(21)20-19-9-10-1-4-14-15(7-10)23-6-5-22-14/h1-4,7-9H,5-6H2,(H,20,21)/b19-9+. The van der Waals surface area contributed by atoms with E-state index in [0.717, 1.165) is 5.56 Å². The fourth-order valence-electron chi connectivity index (χ4n) is 2.01. The second-order valence-electron chi connectivity index (χ2n) is 4.73. The summed E-state index contributed by atoms with van der Waals surface area (Å²) >= 11 is 11.7. The van der Waals surface area contributed by atoms with E-state index in [2.05, 4.69) is 10.5 Å². The predicted octanol–water partition coefficient (Wildman–Crippen LogP) is 3.53. The van der Waals surface area contributed by atoms with Crippen molar-refractivity contribution in [1.82, 2.24) is 5.43 Å². The number of nitrogens with one attached hydrogen (secondary N) is 1. The van der Waals surface area contributed by atoms with Crippen LogP contribution in [0.25, 0.3) is 0 Å². The van der Waals surface area contributed by atoms with Gasteiger partial charge in [-0.05, 0) is 42.0 Å². The minimum absolute atomic E-state index is 0.315. The average Bonchev–Trinajstić information content (AvgIpc) is 2.57. The number of rotatable bonds is 3. The van der Waals surface area contributed by atoms with Crippen molar-refractivity contribution in [1.29, 1.82) is 0 Å². The highest BCUT2D eigenvalue weighted by atomic mass is 35.5. The van der Waals surface area contributed by atoms with Crippen LogP contribution in [-0.2, 0) is 0 Å². The van der Waals surface area contributed by atoms with Gasteiger partial charge in [-0.2, -0.15) is 5.10 Å². The van der Waals surface area contributed by atoms with Gasteiger partial charge in [-0.3, -0.25) is 4.79 Å². The number of benzene rings is 2. The number of halogens is 2. The van der Waals surface area contributed by atoms with Crippen molar-refractivity contribution in [2.75, 3.05) is 13.2 Å². The van der Waals surface area contributed by atoms with Gasteiger partial charge >= 0.3 is 0 Å². The Bertz CT molecular complexity index is 778. The summed E-state index contributed by atoms with van der Waals surface area (Å²) in [6.07, 6.45) is 1.52. The van der Waals surface area contributed by atoms with E-state index in [9.17, 15) is 4.79 Å². The quantitative estimate of drug-likeness (QED) is 0.680. The van der Waals surface area contributed by atoms with Crippen LogP contribution in [-0.4, -0.2) is 25.3 Å². The van der Waals surface area contributed by atoms with Gasteiger partial charge in [-0.25, -0.2) is 5.43 Å². The van der Waals surface area contributed by atoms with E-state index < -0.39 is 0 Å². The summed E-state index contributed by atoms with van der Waals surface area (Å²) in [4.78, 5) is 12.0. The maximum Gasteiger partial charge on any atom is 0.271 e. The minimum atomic E-state index is -0.377. The molecule has 1 aliphatic rings. The van der Waals surface area contributed by atoms with Crippen molar-refractivity contribution >= 4 is 35.3 Å². The van der Waals surface area contributed by atoms with Crippen LogP contribution in [0.5, 0.6) is 11.5 Å². The molecule has 0 radical (unpaired) electrons. The molecule has 23 heavy (non-hydrogen) atoms. The minimum Gasteiger partial charge on any atom is -0.486 e. The monoisotopic (exact) mass is 350 g/mol. The highest BCUT2D eigenvalue weighted by Crippen LogP contribution is 2.30. The molecule has 0 fully saturated rings. The van der Waals surface area contributed by atoms with Crippen molar-refractivity contribution in [3.8, 4) is 11.5 Å². The number of carbonyl (C=O) groups excluding carboxylic acids is 1. The molecule has 2 aromatic rings. The largest absolute Gasteiger partial charge is 0.486 e. The molecular formula is C16H12Cl2N2O3. The lowest BCUT2D eigenvalue weighted by molar-refractivity contribution is 0.0955. The topological polar surface area (TPSA) is 59.9 Å². The molecule has 0 saturated carbocycles. The van der Waals surface area contributed by atoms with Crippen molar-refractivity contribution < 1.29 is 14.3 Å². The zero-order chi connectivity index (χ0) is 16.2. The van der Waals surface area contributed by atoms with Gasteiger partial charge in [0.05, 0.1) is 16.3 Å². The van der Waals surface area contributed by atoms with Gasteiger partial charge in [0, 0.05) is 5.56 Å². The first kappa shape index (κ1) is 15.6. The molecule has 0 spiro atoms. The van der Waals surface area contributed by atoms with Crippen molar-refractivity contribution in [2.45, 2.75) is 0 Å². The SMILES string of the molecule is O=C(N/N=C/c1ccc2c(c1)OCCO2)c1ccc(Cl)c(Cl)c1. The van der Waals surface area contributed by atoms with Gasteiger partial charge in [0.25, 0.3) is 5.91 Å². The zero-order valence-corrected chi connectivity index (χ0v) is 13.4. The number of hydrazone groups is 1. The lowest BCUT2D eigenvalue weighted by atomic mass is 10.2. The highest BCUT2D eigenvalue weighted by Gasteiger charge is 2.11. The third kappa shape index (κ3) is 3.75. The van der Waals surface area contributed by atoms with Crippen LogP contribution in [0.1, 0.15) is 15.9 Å². The van der Waals surface area contributed by atoms with Crippen molar-refractivity contribution in [3.63, 3.8) is 0 Å². The molecule has 0 aromatic heterocycles. The van der Waals surface area contributed by atoms with Crippen LogP contribution < -0.4 is 14.9 Å². The number of fused-ring (bicyclic) bond motifs is 1. The Morgan fingerprint density at radius 3 is 2.61 bits per heavy atom. The second kappa shape index (κ2) is 6.89. The van der Waals surface area contributed by atoms with Crippen LogP contribution in [0.4, 0.5) is 0 Å². The molecule has 2 aromatic carbocycles. The Morgan fingerprint density at radius 1 is 1.04 bits per heavy atom. The first-order chi connectivity index (χ1) is 11.1. The lowest BCUT2D eigenvalue weighted by Crippen LogP contribution is -2.17. The van der Waals surface area contributed by atoms with Crippen LogP contribution in [0.15, 0.2) is 41.5 Å². The number of hydrogen-bond acceptors (Lipinski definition) is 4. The summed E-state index contributed by atoms with van der Waals surface area (Å²) in [6, 6.07) is 10.0. The molecule has 0 saturated heterocycles. The van der Waals surface area contributed by atoms with Gasteiger partial charge in [-0.15, -0.1) is 0 Å². The Kier molecular flexibility index (Phi) is 4.69. The van der Waals surface area contributed by atoms with E-state index in [1.807, 2.05) is 6.07 Å². The Labute approximate surface area is 142 Å². The van der Waals surface area contributed by atoms with Gasteiger partial charge in [0.15, 0.2) is 11.5 Å². The third-order valence-corrected chi connectivity index (χ3v) is 3.87. The molecule has 1 amide bonds. The van der Waals surface area contributed by atoms with Crippen LogP contribution in [0.2, 0.25) is 10.0 Å². The predicted molar refractivity (Wildman–Crippen MR) is 89.0 cm³/mol. The molecule has 0 unspecified atom stereocenters. The molecular weight excluding hydrogens is 339 g/mol. The zero-order valence-electron chi connectivity index (χ0n) is 11.9. The number of ether oxygens (including phenoxy) is 2. The number of carbonyl (C=O) groups is 1.